The fourth-order valence-electron chi connectivity index (χ4n) is 1.37. The molecule has 3 nitrogen and oxygen atoms in total. The predicted molar refractivity (Wildman–Crippen MR) is 58.8 cm³/mol. The molecule has 1 atom stereocenters. The highest BCUT2D eigenvalue weighted by Gasteiger charge is 2.15. The lowest BCUT2D eigenvalue weighted by molar-refractivity contribution is 0.348. The van der Waals surface area contributed by atoms with Gasteiger partial charge in [0.05, 0.1) is 5.69 Å². The molecular formula is C11H21N3. The zero-order valence-corrected chi connectivity index (χ0v) is 9.62. The van der Waals surface area contributed by atoms with E-state index in [1.165, 1.54) is 0 Å². The van der Waals surface area contributed by atoms with Crippen LogP contribution in [0.25, 0.3) is 0 Å². The van der Waals surface area contributed by atoms with Gasteiger partial charge in [-0.1, -0.05) is 20.8 Å². The van der Waals surface area contributed by atoms with Crippen LogP contribution in [0.3, 0.4) is 0 Å². The average Bonchev–Trinajstić information content (AvgIpc) is 2.46. The smallest absolute Gasteiger partial charge is 0.0791 e. The van der Waals surface area contributed by atoms with Gasteiger partial charge in [-0.2, -0.15) is 5.10 Å². The van der Waals surface area contributed by atoms with Crippen LogP contribution in [-0.4, -0.2) is 9.78 Å². The lowest BCUT2D eigenvalue weighted by Crippen LogP contribution is -2.15. The van der Waals surface area contributed by atoms with E-state index in [9.17, 15) is 0 Å². The van der Waals surface area contributed by atoms with E-state index in [1.54, 1.807) is 4.68 Å². The van der Waals surface area contributed by atoms with Crippen LogP contribution in [0.4, 0.5) is 0 Å². The van der Waals surface area contributed by atoms with Crippen LogP contribution in [0.5, 0.6) is 0 Å². The molecule has 2 N–H and O–H groups in total. The van der Waals surface area contributed by atoms with Crippen molar-refractivity contribution in [2.24, 2.45) is 18.2 Å². The van der Waals surface area contributed by atoms with E-state index in [0.717, 1.165) is 18.5 Å². The van der Waals surface area contributed by atoms with E-state index >= 15 is 0 Å². The van der Waals surface area contributed by atoms with Crippen molar-refractivity contribution in [1.82, 2.24) is 9.78 Å². The Morgan fingerprint density at radius 1 is 1.50 bits per heavy atom. The van der Waals surface area contributed by atoms with Gasteiger partial charge in [-0.3, -0.25) is 4.68 Å². The molecular weight excluding hydrogens is 174 g/mol. The van der Waals surface area contributed by atoms with Crippen molar-refractivity contribution in [1.29, 1.82) is 0 Å². The molecule has 1 aromatic rings. The van der Waals surface area contributed by atoms with Crippen molar-refractivity contribution < 1.29 is 0 Å². The zero-order chi connectivity index (χ0) is 10.8. The standard InChI is InChI=1S/C11H21N3/c1-11(2,3)7-5-9(12)10-6-8-14(4)13-10/h6,8-9H,5,7,12H2,1-4H3. The fourth-order valence-corrected chi connectivity index (χ4v) is 1.37. The SMILES string of the molecule is Cn1ccc(C(N)CCC(C)(C)C)n1. The first kappa shape index (κ1) is 11.2. The quantitative estimate of drug-likeness (QED) is 0.804. The molecule has 1 rings (SSSR count). The second kappa shape index (κ2) is 4.13. The first-order valence-electron chi connectivity index (χ1n) is 5.13. The zero-order valence-electron chi connectivity index (χ0n) is 9.62. The van der Waals surface area contributed by atoms with Crippen LogP contribution >= 0.6 is 0 Å². The highest BCUT2D eigenvalue weighted by molar-refractivity contribution is 5.04. The number of rotatable bonds is 3. The molecule has 1 aromatic heterocycles. The number of hydrogen-bond donors (Lipinski definition) is 1. The van der Waals surface area contributed by atoms with E-state index in [4.69, 9.17) is 5.73 Å². The number of aromatic nitrogens is 2. The van der Waals surface area contributed by atoms with Gasteiger partial charge in [-0.05, 0) is 24.3 Å². The molecule has 0 saturated carbocycles. The minimum absolute atomic E-state index is 0.0791. The first-order valence-corrected chi connectivity index (χ1v) is 5.13. The van der Waals surface area contributed by atoms with Crippen LogP contribution < -0.4 is 5.73 Å². The van der Waals surface area contributed by atoms with Gasteiger partial charge in [-0.15, -0.1) is 0 Å². The van der Waals surface area contributed by atoms with E-state index < -0.39 is 0 Å². The summed E-state index contributed by atoms with van der Waals surface area (Å²) in [5.41, 5.74) is 7.39. The third-order valence-electron chi connectivity index (χ3n) is 2.32. The minimum Gasteiger partial charge on any atom is -0.323 e. The maximum absolute atomic E-state index is 6.04. The van der Waals surface area contributed by atoms with Gasteiger partial charge in [0.2, 0.25) is 0 Å². The van der Waals surface area contributed by atoms with Gasteiger partial charge in [0.25, 0.3) is 0 Å². The molecule has 0 bridgehead atoms. The molecule has 0 aliphatic rings. The lowest BCUT2D eigenvalue weighted by atomic mass is 9.88. The summed E-state index contributed by atoms with van der Waals surface area (Å²) in [5, 5.41) is 4.30. The highest BCUT2D eigenvalue weighted by atomic mass is 15.3. The topological polar surface area (TPSA) is 43.8 Å². The maximum Gasteiger partial charge on any atom is 0.0791 e. The molecule has 0 aliphatic carbocycles. The molecule has 0 aromatic carbocycles. The third kappa shape index (κ3) is 3.50. The number of aryl methyl sites for hydroxylation is 1. The number of hydrogen-bond acceptors (Lipinski definition) is 2. The Morgan fingerprint density at radius 2 is 2.14 bits per heavy atom. The van der Waals surface area contributed by atoms with E-state index in [2.05, 4.69) is 25.9 Å². The van der Waals surface area contributed by atoms with Crippen molar-refractivity contribution in [3.63, 3.8) is 0 Å². The Kier molecular flexibility index (Phi) is 3.32. The monoisotopic (exact) mass is 195 g/mol. The molecule has 1 heterocycles. The Balaban J connectivity index is 2.47. The third-order valence-corrected chi connectivity index (χ3v) is 2.32. The van der Waals surface area contributed by atoms with E-state index in [-0.39, 0.29) is 6.04 Å². The van der Waals surface area contributed by atoms with Gasteiger partial charge in [-0.25, -0.2) is 0 Å². The van der Waals surface area contributed by atoms with Gasteiger partial charge in [0, 0.05) is 19.3 Å². The van der Waals surface area contributed by atoms with Crippen molar-refractivity contribution >= 4 is 0 Å². The van der Waals surface area contributed by atoms with Gasteiger partial charge in [0.15, 0.2) is 0 Å². The normalized spacial score (nSPS) is 14.4. The molecule has 14 heavy (non-hydrogen) atoms. The second-order valence-corrected chi connectivity index (χ2v) is 5.12. The summed E-state index contributed by atoms with van der Waals surface area (Å²) in [6.45, 7) is 6.70. The largest absolute Gasteiger partial charge is 0.323 e. The summed E-state index contributed by atoms with van der Waals surface area (Å²) in [5.74, 6) is 0. The van der Waals surface area contributed by atoms with E-state index in [1.807, 2.05) is 19.3 Å². The van der Waals surface area contributed by atoms with Crippen LogP contribution in [-0.2, 0) is 7.05 Å². The van der Waals surface area contributed by atoms with Crippen molar-refractivity contribution in [2.75, 3.05) is 0 Å². The number of nitrogens with two attached hydrogens (primary N) is 1. The van der Waals surface area contributed by atoms with Gasteiger partial charge < -0.3 is 5.73 Å². The molecule has 1 unspecified atom stereocenters. The predicted octanol–water partition coefficient (Wildman–Crippen LogP) is 2.25. The summed E-state index contributed by atoms with van der Waals surface area (Å²) >= 11 is 0. The molecule has 0 saturated heterocycles. The Labute approximate surface area is 86.3 Å². The van der Waals surface area contributed by atoms with Gasteiger partial charge in [0.1, 0.15) is 0 Å². The molecule has 80 valence electrons. The van der Waals surface area contributed by atoms with Crippen molar-refractivity contribution in [3.8, 4) is 0 Å². The van der Waals surface area contributed by atoms with Crippen molar-refractivity contribution in [2.45, 2.75) is 39.7 Å². The van der Waals surface area contributed by atoms with E-state index in [0.29, 0.717) is 5.41 Å². The average molecular weight is 195 g/mol. The van der Waals surface area contributed by atoms with Crippen molar-refractivity contribution in [3.05, 3.63) is 18.0 Å². The second-order valence-electron chi connectivity index (χ2n) is 5.12. The highest BCUT2D eigenvalue weighted by Crippen LogP contribution is 2.25. The van der Waals surface area contributed by atoms with Crippen LogP contribution in [0.1, 0.15) is 45.3 Å². The summed E-state index contributed by atoms with van der Waals surface area (Å²) in [6.07, 6.45) is 4.07. The van der Waals surface area contributed by atoms with Crippen LogP contribution in [0.2, 0.25) is 0 Å². The minimum atomic E-state index is 0.0791. The van der Waals surface area contributed by atoms with Crippen LogP contribution in [0, 0.1) is 5.41 Å². The summed E-state index contributed by atoms with van der Waals surface area (Å²) in [6, 6.07) is 2.07. The molecule has 0 radical (unpaired) electrons. The molecule has 3 heteroatoms. The van der Waals surface area contributed by atoms with Gasteiger partial charge >= 0.3 is 0 Å². The Hall–Kier alpha value is -0.830. The summed E-state index contributed by atoms with van der Waals surface area (Å²) in [4.78, 5) is 0. The van der Waals surface area contributed by atoms with Crippen LogP contribution in [0.15, 0.2) is 12.3 Å². The fraction of sp³-hybridized carbons (Fsp3) is 0.727. The summed E-state index contributed by atoms with van der Waals surface area (Å²) in [7, 11) is 1.92. The Morgan fingerprint density at radius 3 is 2.57 bits per heavy atom. The number of nitrogens with zero attached hydrogens (tertiary/aromatic N) is 2. The Bertz CT molecular complexity index is 283. The lowest BCUT2D eigenvalue weighted by Gasteiger charge is -2.19. The summed E-state index contributed by atoms with van der Waals surface area (Å²) < 4.78 is 1.80. The maximum atomic E-state index is 6.04. The molecule has 0 spiro atoms. The molecule has 0 amide bonds. The first-order chi connectivity index (χ1) is 6.38. The molecule has 0 fully saturated rings. The molecule has 0 aliphatic heterocycles.